The molecule has 0 spiro atoms. The second-order valence-electron chi connectivity index (χ2n) is 4.31. The van der Waals surface area contributed by atoms with Crippen LogP contribution in [-0.4, -0.2) is 27.3 Å². The van der Waals surface area contributed by atoms with E-state index in [2.05, 4.69) is 5.32 Å². The molecule has 0 amide bonds. The monoisotopic (exact) mass is 239 g/mol. The Balaban J connectivity index is 2.34. The van der Waals surface area contributed by atoms with Crippen molar-refractivity contribution >= 4 is 0 Å². The molecule has 1 saturated heterocycles. The van der Waals surface area contributed by atoms with Crippen molar-refractivity contribution in [3.8, 4) is 5.75 Å². The lowest BCUT2D eigenvalue weighted by Crippen LogP contribution is -2.10. The molecule has 3 nitrogen and oxygen atoms in total. The highest BCUT2D eigenvalue weighted by molar-refractivity contribution is 5.39. The van der Waals surface area contributed by atoms with E-state index in [0.717, 1.165) is 30.6 Å². The molecule has 17 heavy (non-hydrogen) atoms. The van der Waals surface area contributed by atoms with Crippen molar-refractivity contribution in [2.45, 2.75) is 18.9 Å². The molecule has 1 atom stereocenters. The molecule has 0 aromatic heterocycles. The molecule has 0 bridgehead atoms. The molecule has 1 unspecified atom stereocenters. The van der Waals surface area contributed by atoms with Crippen LogP contribution in [-0.2, 0) is 11.3 Å². The first-order chi connectivity index (χ1) is 8.26. The van der Waals surface area contributed by atoms with Crippen LogP contribution >= 0.6 is 0 Å². The molecule has 2 rings (SSSR count). The van der Waals surface area contributed by atoms with E-state index >= 15 is 0 Å². The summed E-state index contributed by atoms with van der Waals surface area (Å²) < 4.78 is 24.2. The first kappa shape index (κ1) is 12.3. The van der Waals surface area contributed by atoms with Crippen LogP contribution in [0, 0.1) is 5.82 Å². The van der Waals surface area contributed by atoms with Gasteiger partial charge in [0, 0.05) is 31.2 Å². The van der Waals surface area contributed by atoms with Crippen molar-refractivity contribution < 1.29 is 13.9 Å². The van der Waals surface area contributed by atoms with E-state index in [0.29, 0.717) is 12.4 Å². The molecule has 4 heteroatoms. The molecule has 1 fully saturated rings. The Morgan fingerprint density at radius 2 is 2.24 bits per heavy atom. The van der Waals surface area contributed by atoms with Crippen LogP contribution in [0.1, 0.15) is 23.5 Å². The van der Waals surface area contributed by atoms with Crippen LogP contribution in [0.4, 0.5) is 4.39 Å². The summed E-state index contributed by atoms with van der Waals surface area (Å²) in [5.74, 6) is 0.631. The van der Waals surface area contributed by atoms with Crippen LogP contribution in [0.5, 0.6) is 5.75 Å². The second kappa shape index (κ2) is 5.47. The fraction of sp³-hybridized carbons (Fsp3) is 0.538. The van der Waals surface area contributed by atoms with Gasteiger partial charge >= 0.3 is 0 Å². The van der Waals surface area contributed by atoms with E-state index in [1.165, 1.54) is 6.07 Å². The standard InChI is InChI=1S/C13H18FNO2/c1-16-8-10-5-11(9-3-4-15-7-9)12(14)6-13(10)17-2/h5-6,9,15H,3-4,7-8H2,1-2H3. The Hall–Kier alpha value is -1.13. The smallest absolute Gasteiger partial charge is 0.130 e. The molecule has 0 aliphatic carbocycles. The summed E-state index contributed by atoms with van der Waals surface area (Å²) in [6, 6.07) is 3.33. The van der Waals surface area contributed by atoms with Gasteiger partial charge in [0.15, 0.2) is 0 Å². The third-order valence-corrected chi connectivity index (χ3v) is 3.20. The molecule has 1 aliphatic rings. The highest BCUT2D eigenvalue weighted by Gasteiger charge is 2.21. The number of ether oxygens (including phenoxy) is 2. The maximum atomic E-state index is 14.0. The predicted molar refractivity (Wildman–Crippen MR) is 63.9 cm³/mol. The van der Waals surface area contributed by atoms with Gasteiger partial charge in [0.05, 0.1) is 13.7 Å². The van der Waals surface area contributed by atoms with Gasteiger partial charge in [0.1, 0.15) is 11.6 Å². The van der Waals surface area contributed by atoms with Crippen molar-refractivity contribution in [2.24, 2.45) is 0 Å². The lowest BCUT2D eigenvalue weighted by Gasteiger charge is -2.15. The van der Waals surface area contributed by atoms with E-state index in [1.54, 1.807) is 14.2 Å². The number of benzene rings is 1. The van der Waals surface area contributed by atoms with Gasteiger partial charge in [-0.2, -0.15) is 0 Å². The van der Waals surface area contributed by atoms with Crippen LogP contribution in [0.3, 0.4) is 0 Å². The fourth-order valence-electron chi connectivity index (χ4n) is 2.31. The maximum Gasteiger partial charge on any atom is 0.130 e. The van der Waals surface area contributed by atoms with Crippen molar-refractivity contribution in [1.82, 2.24) is 5.32 Å². The third-order valence-electron chi connectivity index (χ3n) is 3.20. The van der Waals surface area contributed by atoms with E-state index in [-0.39, 0.29) is 11.7 Å². The summed E-state index contributed by atoms with van der Waals surface area (Å²) in [7, 11) is 3.17. The molecule has 0 radical (unpaired) electrons. The molecular weight excluding hydrogens is 221 g/mol. The van der Waals surface area contributed by atoms with E-state index in [9.17, 15) is 4.39 Å². The van der Waals surface area contributed by atoms with Gasteiger partial charge in [-0.05, 0) is 24.6 Å². The maximum absolute atomic E-state index is 14.0. The summed E-state index contributed by atoms with van der Waals surface area (Å²) in [6.07, 6.45) is 0.982. The van der Waals surface area contributed by atoms with Gasteiger partial charge in [0.25, 0.3) is 0 Å². The average Bonchev–Trinajstić information content (AvgIpc) is 2.84. The number of halogens is 1. The van der Waals surface area contributed by atoms with Gasteiger partial charge in [-0.25, -0.2) is 4.39 Å². The summed E-state index contributed by atoms with van der Waals surface area (Å²) in [5, 5.41) is 3.25. The zero-order valence-corrected chi connectivity index (χ0v) is 10.3. The summed E-state index contributed by atoms with van der Waals surface area (Å²) >= 11 is 0. The largest absolute Gasteiger partial charge is 0.496 e. The lowest BCUT2D eigenvalue weighted by atomic mass is 9.95. The molecule has 1 N–H and O–H groups in total. The van der Waals surface area contributed by atoms with Crippen molar-refractivity contribution in [1.29, 1.82) is 0 Å². The first-order valence-electron chi connectivity index (χ1n) is 5.82. The molecule has 0 saturated carbocycles. The molecule has 94 valence electrons. The second-order valence-corrected chi connectivity index (χ2v) is 4.31. The van der Waals surface area contributed by atoms with Gasteiger partial charge in [0.2, 0.25) is 0 Å². The van der Waals surface area contributed by atoms with Gasteiger partial charge in [-0.15, -0.1) is 0 Å². The van der Waals surface area contributed by atoms with Crippen LogP contribution in [0.2, 0.25) is 0 Å². The molecule has 1 heterocycles. The minimum atomic E-state index is -0.185. The first-order valence-corrected chi connectivity index (χ1v) is 5.82. The zero-order valence-electron chi connectivity index (χ0n) is 10.3. The Morgan fingerprint density at radius 1 is 1.41 bits per heavy atom. The minimum Gasteiger partial charge on any atom is -0.496 e. The number of hydrogen-bond donors (Lipinski definition) is 1. The number of methoxy groups -OCH3 is 2. The van der Waals surface area contributed by atoms with Crippen molar-refractivity contribution in [3.63, 3.8) is 0 Å². The average molecular weight is 239 g/mol. The zero-order chi connectivity index (χ0) is 12.3. The minimum absolute atomic E-state index is 0.185. The fourth-order valence-corrected chi connectivity index (χ4v) is 2.31. The molecule has 1 aromatic carbocycles. The number of nitrogens with one attached hydrogen (secondary N) is 1. The van der Waals surface area contributed by atoms with Crippen LogP contribution in [0.25, 0.3) is 0 Å². The Bertz CT molecular complexity index is 389. The Morgan fingerprint density at radius 3 is 2.82 bits per heavy atom. The van der Waals surface area contributed by atoms with Crippen molar-refractivity contribution in [2.75, 3.05) is 27.3 Å². The SMILES string of the molecule is COCc1cc(C2CCNC2)c(F)cc1OC. The summed E-state index contributed by atoms with van der Waals surface area (Å²) in [6.45, 7) is 2.24. The lowest BCUT2D eigenvalue weighted by molar-refractivity contribution is 0.181. The topological polar surface area (TPSA) is 30.5 Å². The highest BCUT2D eigenvalue weighted by Crippen LogP contribution is 2.30. The third kappa shape index (κ3) is 2.58. The Kier molecular flexibility index (Phi) is 3.97. The van der Waals surface area contributed by atoms with Crippen LogP contribution in [0.15, 0.2) is 12.1 Å². The summed E-state index contributed by atoms with van der Waals surface area (Å²) in [4.78, 5) is 0. The van der Waals surface area contributed by atoms with E-state index in [4.69, 9.17) is 9.47 Å². The quantitative estimate of drug-likeness (QED) is 0.872. The number of hydrogen-bond acceptors (Lipinski definition) is 3. The van der Waals surface area contributed by atoms with E-state index < -0.39 is 0 Å². The summed E-state index contributed by atoms with van der Waals surface area (Å²) in [5.41, 5.74) is 1.67. The van der Waals surface area contributed by atoms with Crippen molar-refractivity contribution in [3.05, 3.63) is 29.1 Å². The Labute approximate surface area is 101 Å². The van der Waals surface area contributed by atoms with E-state index in [1.807, 2.05) is 6.07 Å². The predicted octanol–water partition coefficient (Wildman–Crippen LogP) is 2.06. The number of rotatable bonds is 4. The molecule has 1 aliphatic heterocycles. The molecule has 1 aromatic rings. The van der Waals surface area contributed by atoms with Gasteiger partial charge in [-0.1, -0.05) is 0 Å². The van der Waals surface area contributed by atoms with Crippen LogP contribution < -0.4 is 10.1 Å². The van der Waals surface area contributed by atoms with Gasteiger partial charge in [-0.3, -0.25) is 0 Å². The highest BCUT2D eigenvalue weighted by atomic mass is 19.1. The molecular formula is C13H18FNO2. The van der Waals surface area contributed by atoms with Gasteiger partial charge < -0.3 is 14.8 Å². The normalized spacial score (nSPS) is 19.6.